The molecule has 0 saturated carbocycles. The minimum absolute atomic E-state index is 0.0235. The molecule has 1 rings (SSSR count). The summed E-state index contributed by atoms with van der Waals surface area (Å²) in [5.74, 6) is 0. The highest BCUT2D eigenvalue weighted by molar-refractivity contribution is 9.10. The van der Waals surface area contributed by atoms with Crippen LogP contribution in [0.5, 0.6) is 0 Å². The quantitative estimate of drug-likeness (QED) is 0.667. The summed E-state index contributed by atoms with van der Waals surface area (Å²) in [6.45, 7) is -0.0235. The second-order valence-corrected chi connectivity index (χ2v) is 2.92. The minimum Gasteiger partial charge on any atom is -0.394 e. The molecule has 0 aliphatic heterocycles. The Morgan fingerprint density at radius 3 is 2.90 bits per heavy atom. The monoisotopic (exact) mass is 204 g/mol. The van der Waals surface area contributed by atoms with Crippen LogP contribution in [0.2, 0.25) is 0 Å². The lowest BCUT2D eigenvalue weighted by Crippen LogP contribution is -2.13. The third-order valence-electron chi connectivity index (χ3n) is 1.29. The Balaban J connectivity index is 2.74. The molecule has 0 saturated heterocycles. The van der Waals surface area contributed by atoms with Gasteiger partial charge in [-0.3, -0.25) is 0 Å². The molecule has 0 amide bonds. The standard InChI is InChI=1S/C6H9BrN2O/c7-6-1-4(2-9-6)5(8)3-10/h1-2,5,9-10H,3,8H2/t5-/m1/s1. The molecular weight excluding hydrogens is 196 g/mol. The molecule has 1 atom stereocenters. The van der Waals surface area contributed by atoms with Crippen molar-refractivity contribution in [2.75, 3.05) is 6.61 Å². The zero-order valence-corrected chi connectivity index (χ0v) is 6.93. The highest BCUT2D eigenvalue weighted by Gasteiger charge is 2.04. The number of H-pyrrole nitrogens is 1. The van der Waals surface area contributed by atoms with Gasteiger partial charge in [0.05, 0.1) is 17.3 Å². The van der Waals surface area contributed by atoms with Crippen LogP contribution in [-0.2, 0) is 0 Å². The van der Waals surface area contributed by atoms with Crippen LogP contribution in [-0.4, -0.2) is 16.7 Å². The Labute approximate surface area is 67.4 Å². The van der Waals surface area contributed by atoms with E-state index in [9.17, 15) is 0 Å². The summed E-state index contributed by atoms with van der Waals surface area (Å²) in [4.78, 5) is 2.91. The zero-order chi connectivity index (χ0) is 7.56. The van der Waals surface area contributed by atoms with Crippen molar-refractivity contribution in [3.8, 4) is 0 Å². The molecule has 0 fully saturated rings. The molecule has 0 bridgehead atoms. The average Bonchev–Trinajstić information content (AvgIpc) is 2.34. The topological polar surface area (TPSA) is 62.0 Å². The van der Waals surface area contributed by atoms with Crippen molar-refractivity contribution < 1.29 is 5.11 Å². The van der Waals surface area contributed by atoms with E-state index in [1.807, 2.05) is 6.07 Å². The van der Waals surface area contributed by atoms with Gasteiger partial charge in [0.15, 0.2) is 0 Å². The fourth-order valence-electron chi connectivity index (χ4n) is 0.701. The van der Waals surface area contributed by atoms with E-state index < -0.39 is 0 Å². The largest absolute Gasteiger partial charge is 0.394 e. The van der Waals surface area contributed by atoms with Crippen molar-refractivity contribution in [3.05, 3.63) is 22.4 Å². The molecule has 3 nitrogen and oxygen atoms in total. The van der Waals surface area contributed by atoms with Crippen LogP contribution in [0.4, 0.5) is 0 Å². The summed E-state index contributed by atoms with van der Waals surface area (Å²) in [5, 5.41) is 8.64. The predicted octanol–water partition coefficient (Wildman–Crippen LogP) is 0.769. The average molecular weight is 205 g/mol. The Kier molecular flexibility index (Phi) is 2.48. The molecule has 10 heavy (non-hydrogen) atoms. The Morgan fingerprint density at radius 1 is 1.80 bits per heavy atom. The summed E-state index contributed by atoms with van der Waals surface area (Å²) in [6, 6.07) is 1.57. The van der Waals surface area contributed by atoms with Crippen LogP contribution in [0.25, 0.3) is 0 Å². The van der Waals surface area contributed by atoms with E-state index in [-0.39, 0.29) is 12.6 Å². The lowest BCUT2D eigenvalue weighted by atomic mass is 10.2. The summed E-state index contributed by atoms with van der Waals surface area (Å²) in [5.41, 5.74) is 6.43. The molecule has 1 aromatic rings. The molecule has 0 spiro atoms. The number of nitrogens with two attached hydrogens (primary N) is 1. The summed E-state index contributed by atoms with van der Waals surface area (Å²) >= 11 is 3.24. The second kappa shape index (κ2) is 3.18. The van der Waals surface area contributed by atoms with E-state index in [2.05, 4.69) is 20.9 Å². The normalized spacial score (nSPS) is 13.5. The van der Waals surface area contributed by atoms with Gasteiger partial charge in [-0.25, -0.2) is 0 Å². The number of rotatable bonds is 2. The van der Waals surface area contributed by atoms with E-state index in [1.165, 1.54) is 0 Å². The van der Waals surface area contributed by atoms with Gasteiger partial charge in [0.25, 0.3) is 0 Å². The Hall–Kier alpha value is -0.320. The van der Waals surface area contributed by atoms with Gasteiger partial charge in [-0.05, 0) is 27.6 Å². The van der Waals surface area contributed by atoms with E-state index in [0.29, 0.717) is 0 Å². The third-order valence-corrected chi connectivity index (χ3v) is 1.75. The number of hydrogen-bond donors (Lipinski definition) is 3. The van der Waals surface area contributed by atoms with Crippen LogP contribution in [0.15, 0.2) is 16.9 Å². The summed E-state index contributed by atoms with van der Waals surface area (Å²) in [7, 11) is 0. The van der Waals surface area contributed by atoms with Crippen molar-refractivity contribution in [2.24, 2.45) is 5.73 Å². The molecule has 0 aliphatic rings. The fourth-order valence-corrected chi connectivity index (χ4v) is 1.08. The first-order chi connectivity index (χ1) is 4.74. The van der Waals surface area contributed by atoms with E-state index in [0.717, 1.165) is 10.2 Å². The molecule has 1 heterocycles. The van der Waals surface area contributed by atoms with Gasteiger partial charge < -0.3 is 15.8 Å². The van der Waals surface area contributed by atoms with E-state index in [4.69, 9.17) is 10.8 Å². The van der Waals surface area contributed by atoms with Gasteiger partial charge in [-0.2, -0.15) is 0 Å². The first kappa shape index (κ1) is 7.78. The van der Waals surface area contributed by atoms with E-state index >= 15 is 0 Å². The van der Waals surface area contributed by atoms with Gasteiger partial charge in [0.1, 0.15) is 0 Å². The van der Waals surface area contributed by atoms with Gasteiger partial charge in [-0.1, -0.05) is 0 Å². The zero-order valence-electron chi connectivity index (χ0n) is 5.34. The first-order valence-electron chi connectivity index (χ1n) is 2.94. The maximum absolute atomic E-state index is 8.64. The smallest absolute Gasteiger partial charge is 0.0823 e. The predicted molar refractivity (Wildman–Crippen MR) is 42.5 cm³/mol. The second-order valence-electron chi connectivity index (χ2n) is 2.07. The highest BCUT2D eigenvalue weighted by atomic mass is 79.9. The summed E-state index contributed by atoms with van der Waals surface area (Å²) < 4.78 is 0.881. The van der Waals surface area contributed by atoms with Gasteiger partial charge in [-0.15, -0.1) is 0 Å². The number of halogens is 1. The molecule has 0 aromatic carbocycles. The molecule has 0 unspecified atom stereocenters. The summed E-state index contributed by atoms with van der Waals surface area (Å²) in [6.07, 6.45) is 1.77. The van der Waals surface area contributed by atoms with Gasteiger partial charge >= 0.3 is 0 Å². The number of aliphatic hydroxyl groups is 1. The molecule has 4 N–H and O–H groups in total. The molecule has 4 heteroatoms. The van der Waals surface area contributed by atoms with Gasteiger partial charge in [0.2, 0.25) is 0 Å². The molecule has 0 radical (unpaired) electrons. The SMILES string of the molecule is N[C@H](CO)c1c[nH]c(Br)c1. The van der Waals surface area contributed by atoms with Crippen LogP contribution in [0.1, 0.15) is 11.6 Å². The Morgan fingerprint density at radius 2 is 2.50 bits per heavy atom. The van der Waals surface area contributed by atoms with Gasteiger partial charge in [0, 0.05) is 6.20 Å². The number of aromatic amines is 1. The fraction of sp³-hybridized carbons (Fsp3) is 0.333. The van der Waals surface area contributed by atoms with Crippen LogP contribution < -0.4 is 5.73 Å². The maximum Gasteiger partial charge on any atom is 0.0823 e. The van der Waals surface area contributed by atoms with Crippen molar-refractivity contribution in [1.82, 2.24) is 4.98 Å². The first-order valence-corrected chi connectivity index (χ1v) is 3.73. The lowest BCUT2D eigenvalue weighted by Gasteiger charge is -2.02. The Bertz CT molecular complexity index is 211. The molecule has 1 aromatic heterocycles. The molecule has 0 aliphatic carbocycles. The lowest BCUT2D eigenvalue weighted by molar-refractivity contribution is 0.268. The maximum atomic E-state index is 8.64. The van der Waals surface area contributed by atoms with Crippen molar-refractivity contribution in [1.29, 1.82) is 0 Å². The number of nitrogens with one attached hydrogen (secondary N) is 1. The minimum atomic E-state index is -0.275. The van der Waals surface area contributed by atoms with Crippen molar-refractivity contribution in [2.45, 2.75) is 6.04 Å². The molecule has 56 valence electrons. The van der Waals surface area contributed by atoms with Crippen LogP contribution in [0.3, 0.4) is 0 Å². The number of hydrogen-bond acceptors (Lipinski definition) is 2. The number of aromatic nitrogens is 1. The van der Waals surface area contributed by atoms with Crippen molar-refractivity contribution in [3.63, 3.8) is 0 Å². The van der Waals surface area contributed by atoms with E-state index in [1.54, 1.807) is 6.20 Å². The van der Waals surface area contributed by atoms with Crippen LogP contribution >= 0.6 is 15.9 Å². The number of aliphatic hydroxyl groups excluding tert-OH is 1. The third kappa shape index (κ3) is 1.59. The highest BCUT2D eigenvalue weighted by Crippen LogP contribution is 2.14. The van der Waals surface area contributed by atoms with Crippen molar-refractivity contribution >= 4 is 15.9 Å². The van der Waals surface area contributed by atoms with Crippen LogP contribution in [0, 0.1) is 0 Å². The molecular formula is C6H9BrN2O.